The quantitative estimate of drug-likeness (QED) is 0.196. The van der Waals surface area contributed by atoms with Crippen molar-refractivity contribution in [3.63, 3.8) is 0 Å². The van der Waals surface area contributed by atoms with Crippen LogP contribution >= 0.6 is 0 Å². The van der Waals surface area contributed by atoms with Crippen LogP contribution in [0.15, 0.2) is 83.7 Å². The largest absolute Gasteiger partial charge is 0.439 e. The minimum Gasteiger partial charge on any atom is -0.439 e. The van der Waals surface area contributed by atoms with Gasteiger partial charge in [0.05, 0.1) is 24.3 Å². The van der Waals surface area contributed by atoms with Crippen LogP contribution in [0.2, 0.25) is 0 Å². The Hall–Kier alpha value is -3.59. The summed E-state index contributed by atoms with van der Waals surface area (Å²) in [5.74, 6) is -0.114. The number of carbonyl (C=O) groups is 1. The van der Waals surface area contributed by atoms with E-state index in [-0.39, 0.29) is 31.2 Å². The first-order valence-corrected chi connectivity index (χ1v) is 17.0. The van der Waals surface area contributed by atoms with Gasteiger partial charge in [-0.2, -0.15) is 18.3 Å². The first-order chi connectivity index (χ1) is 22.6. The molecule has 0 spiro atoms. The lowest BCUT2D eigenvalue weighted by Crippen LogP contribution is -2.28. The zero-order valence-corrected chi connectivity index (χ0v) is 31.2. The molecule has 6 nitrogen and oxygen atoms in total. The first kappa shape index (κ1) is 47.5. The van der Waals surface area contributed by atoms with Gasteiger partial charge >= 0.3 is 6.18 Å². The first-order valence-electron chi connectivity index (χ1n) is 17.0. The number of amides is 1. The predicted molar refractivity (Wildman–Crippen MR) is 201 cm³/mol. The van der Waals surface area contributed by atoms with Gasteiger partial charge in [-0.1, -0.05) is 96.6 Å². The molecule has 2 aliphatic rings. The standard InChI is InChI=1S/C30H38F3N3O3.C4H8.C3H8.C2H6.CH4/c1-7-11-22(16-23-18-38-19-23)15-14-20(2)17-34-27(37)26-21(3)28(36(35-26)29(4,5)6)39-25-13-10-8-9-12-24(25)30(31,32)33;1-3-4-2;1-3-2;1-2;/h7-9,11-15,23H,10,16-19H2,1-6H3,(H,34,37);3H,1,4H2,2H3;3H2,1-2H3;1-2H3;1H4/b11-7+,20-14+,22-15+;;;;. The number of nitrogens with zero attached hydrogens (tertiary/aromatic N) is 2. The highest BCUT2D eigenvalue weighted by Crippen LogP contribution is 2.37. The fourth-order valence-corrected chi connectivity index (χ4v) is 4.07. The molecule has 0 atom stereocenters. The summed E-state index contributed by atoms with van der Waals surface area (Å²) in [7, 11) is 0. The maximum Gasteiger partial charge on any atom is 0.419 e. The van der Waals surface area contributed by atoms with Crippen LogP contribution in [-0.4, -0.2) is 41.6 Å². The molecule has 3 rings (SSSR count). The van der Waals surface area contributed by atoms with Crippen molar-refractivity contribution in [1.29, 1.82) is 0 Å². The second-order valence-electron chi connectivity index (χ2n) is 12.2. The van der Waals surface area contributed by atoms with Crippen LogP contribution in [0.1, 0.15) is 118 Å². The van der Waals surface area contributed by atoms with E-state index in [9.17, 15) is 18.0 Å². The van der Waals surface area contributed by atoms with E-state index in [1.807, 2.05) is 72.8 Å². The molecule has 0 bridgehead atoms. The number of halogens is 3. The summed E-state index contributed by atoms with van der Waals surface area (Å²) in [5.41, 5.74) is 1.05. The Bertz CT molecular complexity index is 1320. The second-order valence-corrected chi connectivity index (χ2v) is 12.2. The highest BCUT2D eigenvalue weighted by atomic mass is 19.4. The molecular weight excluding hydrogens is 627 g/mol. The zero-order chi connectivity index (χ0) is 36.9. The summed E-state index contributed by atoms with van der Waals surface area (Å²) in [4.78, 5) is 13.1. The third-order valence-electron chi connectivity index (χ3n) is 6.55. The number of allylic oxidation sites excluding steroid dienone is 11. The van der Waals surface area contributed by atoms with Gasteiger partial charge in [-0.25, -0.2) is 4.68 Å². The molecule has 1 aromatic heterocycles. The van der Waals surface area contributed by atoms with Crippen molar-refractivity contribution in [3.8, 4) is 5.88 Å². The van der Waals surface area contributed by atoms with Crippen molar-refractivity contribution in [2.24, 2.45) is 5.92 Å². The molecule has 2 heterocycles. The molecule has 1 aromatic rings. The molecule has 1 N–H and O–H groups in total. The van der Waals surface area contributed by atoms with Crippen molar-refractivity contribution in [3.05, 3.63) is 95.0 Å². The monoisotopic (exact) mass is 691 g/mol. The van der Waals surface area contributed by atoms with E-state index in [4.69, 9.17) is 9.47 Å². The summed E-state index contributed by atoms with van der Waals surface area (Å²) in [6, 6.07) is 0. The number of rotatable bonds is 10. The number of alkyl halides is 3. The maximum absolute atomic E-state index is 13.7. The van der Waals surface area contributed by atoms with Crippen molar-refractivity contribution in [1.82, 2.24) is 15.1 Å². The average Bonchev–Trinajstić information content (AvgIpc) is 3.17. The van der Waals surface area contributed by atoms with Crippen LogP contribution in [0.5, 0.6) is 5.88 Å². The van der Waals surface area contributed by atoms with Gasteiger partial charge in [-0.15, -0.1) is 6.58 Å². The molecule has 9 heteroatoms. The van der Waals surface area contributed by atoms with Crippen molar-refractivity contribution < 1.29 is 27.4 Å². The van der Waals surface area contributed by atoms with Crippen LogP contribution in [0.4, 0.5) is 13.2 Å². The predicted octanol–water partition coefficient (Wildman–Crippen LogP) is 11.5. The summed E-state index contributed by atoms with van der Waals surface area (Å²) in [5, 5.41) is 7.34. The third-order valence-corrected chi connectivity index (χ3v) is 6.55. The molecule has 0 unspecified atom stereocenters. The molecular formula is C40H64F3N3O3. The number of aromatic nitrogens is 2. The lowest BCUT2D eigenvalue weighted by atomic mass is 9.97. The Morgan fingerprint density at radius 2 is 1.76 bits per heavy atom. The average molecular weight is 692 g/mol. The molecule has 1 aliphatic heterocycles. The van der Waals surface area contributed by atoms with Gasteiger partial charge < -0.3 is 14.8 Å². The lowest BCUT2D eigenvalue weighted by Gasteiger charge is -2.26. The molecule has 1 fully saturated rings. The normalized spacial score (nSPS) is 15.0. The molecule has 1 saturated heterocycles. The van der Waals surface area contributed by atoms with Crippen LogP contribution in [-0.2, 0) is 10.3 Å². The highest BCUT2D eigenvalue weighted by molar-refractivity contribution is 5.94. The molecule has 0 radical (unpaired) electrons. The third kappa shape index (κ3) is 17.1. The van der Waals surface area contributed by atoms with Gasteiger partial charge in [0.1, 0.15) is 5.76 Å². The van der Waals surface area contributed by atoms with E-state index in [0.717, 1.165) is 37.7 Å². The van der Waals surface area contributed by atoms with Crippen LogP contribution in [0.25, 0.3) is 0 Å². The van der Waals surface area contributed by atoms with Gasteiger partial charge in [0.15, 0.2) is 5.69 Å². The smallest absolute Gasteiger partial charge is 0.419 e. The number of carbonyl (C=O) groups excluding carboxylic acids is 1. The molecule has 0 saturated carbocycles. The summed E-state index contributed by atoms with van der Waals surface area (Å²) < 4.78 is 53.8. The van der Waals surface area contributed by atoms with Gasteiger partial charge in [-0.3, -0.25) is 4.79 Å². The fraction of sp³-hybridized carbons (Fsp3) is 0.550. The second kappa shape index (κ2) is 24.5. The van der Waals surface area contributed by atoms with Crippen LogP contribution < -0.4 is 10.1 Å². The lowest BCUT2D eigenvalue weighted by molar-refractivity contribution is -0.0920. The Kier molecular flexibility index (Phi) is 23.8. The topological polar surface area (TPSA) is 65.4 Å². The summed E-state index contributed by atoms with van der Waals surface area (Å²) in [6.45, 7) is 26.7. The maximum atomic E-state index is 13.7. The Morgan fingerprint density at radius 3 is 2.22 bits per heavy atom. The highest BCUT2D eigenvalue weighted by Gasteiger charge is 2.38. The van der Waals surface area contributed by atoms with E-state index in [0.29, 0.717) is 18.0 Å². The van der Waals surface area contributed by atoms with Crippen LogP contribution in [0, 0.1) is 12.8 Å². The molecule has 0 aromatic carbocycles. The zero-order valence-electron chi connectivity index (χ0n) is 31.2. The van der Waals surface area contributed by atoms with E-state index in [1.165, 1.54) is 28.8 Å². The number of nitrogens with one attached hydrogen (secondary N) is 1. The Balaban J connectivity index is 0. The van der Waals surface area contributed by atoms with Gasteiger partial charge in [0.2, 0.25) is 5.88 Å². The van der Waals surface area contributed by atoms with Gasteiger partial charge in [0, 0.05) is 18.0 Å². The van der Waals surface area contributed by atoms with Gasteiger partial charge in [0.25, 0.3) is 5.91 Å². The molecule has 1 amide bonds. The number of ether oxygens (including phenoxy) is 2. The van der Waals surface area contributed by atoms with Crippen molar-refractivity contribution in [2.75, 3.05) is 19.8 Å². The minimum atomic E-state index is -4.60. The summed E-state index contributed by atoms with van der Waals surface area (Å²) >= 11 is 0. The van der Waals surface area contributed by atoms with E-state index in [1.54, 1.807) is 13.0 Å². The van der Waals surface area contributed by atoms with Crippen LogP contribution in [0.3, 0.4) is 0 Å². The van der Waals surface area contributed by atoms with E-state index in [2.05, 4.69) is 43.8 Å². The fourth-order valence-electron chi connectivity index (χ4n) is 4.07. The number of hydrogen-bond acceptors (Lipinski definition) is 4. The van der Waals surface area contributed by atoms with Gasteiger partial charge in [-0.05, 0) is 78.5 Å². The summed E-state index contributed by atoms with van der Waals surface area (Å²) in [6.07, 6.45) is 14.3. The molecule has 278 valence electrons. The van der Waals surface area contributed by atoms with E-state index >= 15 is 0 Å². The molecule has 1 aliphatic carbocycles. The number of hydrogen-bond donors (Lipinski definition) is 1. The SMILES string of the molecule is C.C/C=C/C(=C\C=C(/C)CNC(=O)c1nn(C(C)(C)C)c(OC2=CCC=CC=C2C(F)(F)F)c1C)CC1COC1.C=CCC.CC.CCC. The Labute approximate surface area is 295 Å². The van der Waals surface area contributed by atoms with Crippen molar-refractivity contribution >= 4 is 5.91 Å². The van der Waals surface area contributed by atoms with Crippen molar-refractivity contribution in [2.45, 2.75) is 121 Å². The van der Waals surface area contributed by atoms with E-state index < -0.39 is 23.2 Å². The minimum absolute atomic E-state index is 0. The Morgan fingerprint density at radius 1 is 1.16 bits per heavy atom. The molecule has 49 heavy (non-hydrogen) atoms.